The first-order valence-corrected chi connectivity index (χ1v) is 8.99. The summed E-state index contributed by atoms with van der Waals surface area (Å²) >= 11 is 0. The van der Waals surface area contributed by atoms with Gasteiger partial charge in [0.1, 0.15) is 5.75 Å². The van der Waals surface area contributed by atoms with Gasteiger partial charge in [-0.05, 0) is 38.7 Å². The Balaban J connectivity index is 1.96. The highest BCUT2D eigenvalue weighted by atomic mass is 16.6. The normalized spacial score (nSPS) is 17.2. The van der Waals surface area contributed by atoms with E-state index in [1.807, 2.05) is 6.92 Å². The third kappa shape index (κ3) is 5.70. The van der Waals surface area contributed by atoms with E-state index in [9.17, 15) is 14.9 Å². The van der Waals surface area contributed by atoms with Crippen LogP contribution in [0.15, 0.2) is 18.2 Å². The summed E-state index contributed by atoms with van der Waals surface area (Å²) in [4.78, 5) is 22.9. The van der Waals surface area contributed by atoms with Gasteiger partial charge in [-0.1, -0.05) is 19.3 Å². The lowest BCUT2D eigenvalue weighted by Crippen LogP contribution is -2.96. The topological polar surface area (TPSA) is 98.1 Å². The fourth-order valence-corrected chi connectivity index (χ4v) is 3.32. The first-order chi connectivity index (χ1) is 12.0. The van der Waals surface area contributed by atoms with Gasteiger partial charge in [-0.25, -0.2) is 0 Å². The van der Waals surface area contributed by atoms with E-state index in [1.54, 1.807) is 0 Å². The Labute approximate surface area is 148 Å². The second kappa shape index (κ2) is 9.36. The number of benzene rings is 1. The lowest BCUT2D eigenvalue weighted by atomic mass is 9.96. The quantitative estimate of drug-likeness (QED) is 0.608. The predicted octanol–water partition coefficient (Wildman–Crippen LogP) is 2.61. The molecule has 138 valence electrons. The Morgan fingerprint density at radius 1 is 1.28 bits per heavy atom. The third-order valence-corrected chi connectivity index (χ3v) is 4.78. The van der Waals surface area contributed by atoms with E-state index in [2.05, 4.69) is 10.6 Å². The fraction of sp³-hybridized carbons (Fsp3) is 0.611. The van der Waals surface area contributed by atoms with Gasteiger partial charge in [-0.3, -0.25) is 14.9 Å². The van der Waals surface area contributed by atoms with Crippen LogP contribution in [0, 0.1) is 10.1 Å². The van der Waals surface area contributed by atoms with Crippen molar-refractivity contribution >= 4 is 17.3 Å². The Hall–Kier alpha value is -2.15. The van der Waals surface area contributed by atoms with Gasteiger partial charge in [-0.15, -0.1) is 0 Å². The maximum Gasteiger partial charge on any atom is 0.282 e. The summed E-state index contributed by atoms with van der Waals surface area (Å²) < 4.78 is 5.17. The summed E-state index contributed by atoms with van der Waals surface area (Å²) in [6, 6.07) is 4.46. The number of hydrogen-bond donors (Lipinski definition) is 2. The molecular weight excluding hydrogens is 322 g/mol. The minimum atomic E-state index is -0.487. The number of hydrogen-bond acceptors (Lipinski definition) is 4. The molecule has 1 aromatic rings. The lowest BCUT2D eigenvalue weighted by molar-refractivity contribution is -0.707. The highest BCUT2D eigenvalue weighted by Gasteiger charge is 2.23. The van der Waals surface area contributed by atoms with Crippen molar-refractivity contribution in [2.45, 2.75) is 64.0 Å². The highest BCUT2D eigenvalue weighted by Crippen LogP contribution is 2.29. The van der Waals surface area contributed by atoms with Crippen molar-refractivity contribution in [1.29, 1.82) is 0 Å². The minimum absolute atomic E-state index is 0.0658. The first-order valence-electron chi connectivity index (χ1n) is 8.99. The monoisotopic (exact) mass is 350 g/mol. The van der Waals surface area contributed by atoms with Crippen LogP contribution in [-0.4, -0.2) is 30.0 Å². The number of ether oxygens (including phenoxy) is 1. The maximum atomic E-state index is 12.5. The van der Waals surface area contributed by atoms with Crippen molar-refractivity contribution in [2.24, 2.45) is 0 Å². The molecule has 1 amide bonds. The van der Waals surface area contributed by atoms with Crippen LogP contribution in [0.5, 0.6) is 5.75 Å². The molecule has 0 spiro atoms. The summed E-state index contributed by atoms with van der Waals surface area (Å²) in [6.45, 7) is 1.89. The molecule has 25 heavy (non-hydrogen) atoms. The largest absolute Gasteiger partial charge is 0.494 e. The molecular formula is C18H28N3O4+. The smallest absolute Gasteiger partial charge is 0.282 e. The second-order valence-electron chi connectivity index (χ2n) is 6.72. The molecule has 0 aliphatic heterocycles. The molecule has 0 heterocycles. The number of quaternary nitrogens is 1. The molecule has 0 bridgehead atoms. The molecule has 2 rings (SSSR count). The molecule has 7 nitrogen and oxygen atoms in total. The number of methoxy groups -OCH3 is 1. The average molecular weight is 350 g/mol. The van der Waals surface area contributed by atoms with Crippen molar-refractivity contribution in [1.82, 2.24) is 0 Å². The number of nitro benzene ring substituents is 1. The molecule has 3 N–H and O–H groups in total. The van der Waals surface area contributed by atoms with Crippen molar-refractivity contribution < 1.29 is 19.8 Å². The van der Waals surface area contributed by atoms with E-state index in [0.29, 0.717) is 17.5 Å². The summed E-state index contributed by atoms with van der Waals surface area (Å²) in [6.07, 6.45) is 8.65. The molecule has 0 radical (unpaired) electrons. The van der Waals surface area contributed by atoms with E-state index in [0.717, 1.165) is 12.8 Å². The van der Waals surface area contributed by atoms with Crippen LogP contribution < -0.4 is 15.4 Å². The molecule has 1 saturated carbocycles. The molecule has 1 aliphatic rings. The Morgan fingerprint density at radius 2 is 1.92 bits per heavy atom. The first kappa shape index (κ1) is 19.2. The van der Waals surface area contributed by atoms with Crippen LogP contribution in [0.3, 0.4) is 0 Å². The number of nitrogens with two attached hydrogens (primary N) is 1. The van der Waals surface area contributed by atoms with Crippen LogP contribution in [0.25, 0.3) is 0 Å². The molecule has 1 aromatic carbocycles. The number of nitrogens with zero attached hydrogens (tertiary/aromatic N) is 1. The Kier molecular flexibility index (Phi) is 7.18. The number of non-ortho nitro benzene ring substituents is 1. The average Bonchev–Trinajstić information content (AvgIpc) is 2.57. The van der Waals surface area contributed by atoms with Gasteiger partial charge in [-0.2, -0.15) is 0 Å². The van der Waals surface area contributed by atoms with Gasteiger partial charge in [0, 0.05) is 6.07 Å². The number of carbonyl (C=O) groups is 1. The zero-order chi connectivity index (χ0) is 18.2. The Morgan fingerprint density at radius 3 is 2.52 bits per heavy atom. The van der Waals surface area contributed by atoms with Gasteiger partial charge in [0.05, 0.1) is 29.8 Å². The zero-order valence-corrected chi connectivity index (χ0v) is 15.0. The van der Waals surface area contributed by atoms with Crippen LogP contribution in [-0.2, 0) is 4.79 Å². The predicted molar refractivity (Wildman–Crippen MR) is 95.8 cm³/mol. The van der Waals surface area contributed by atoms with Crippen LogP contribution >= 0.6 is 0 Å². The van der Waals surface area contributed by atoms with Crippen molar-refractivity contribution in [3.05, 3.63) is 28.3 Å². The summed E-state index contributed by atoms with van der Waals surface area (Å²) in [5.74, 6) is 0.176. The summed E-state index contributed by atoms with van der Waals surface area (Å²) in [7, 11) is 1.43. The third-order valence-electron chi connectivity index (χ3n) is 4.78. The van der Waals surface area contributed by atoms with Crippen LogP contribution in [0.2, 0.25) is 0 Å². The van der Waals surface area contributed by atoms with Gasteiger partial charge in [0.25, 0.3) is 11.6 Å². The number of amides is 1. The number of nitrogens with one attached hydrogen (secondary N) is 1. The number of anilines is 1. The van der Waals surface area contributed by atoms with Gasteiger partial charge in [0.15, 0.2) is 6.04 Å². The SMILES string of the molecule is COc1cc([N+](=O)[O-])ccc1NC(=O)[C@@H](C)[NH2+]C1CCCCCCC1. The molecule has 0 saturated heterocycles. The van der Waals surface area contributed by atoms with Crippen molar-refractivity contribution in [3.63, 3.8) is 0 Å². The van der Waals surface area contributed by atoms with Gasteiger partial charge in [0.2, 0.25) is 0 Å². The van der Waals surface area contributed by atoms with Crippen LogP contribution in [0.1, 0.15) is 51.9 Å². The number of carbonyl (C=O) groups excluding carboxylic acids is 1. The second-order valence-corrected chi connectivity index (χ2v) is 6.72. The fourth-order valence-electron chi connectivity index (χ4n) is 3.32. The summed E-state index contributed by atoms with van der Waals surface area (Å²) in [5, 5.41) is 15.8. The molecule has 7 heteroatoms. The van der Waals surface area contributed by atoms with E-state index in [4.69, 9.17) is 4.74 Å². The zero-order valence-electron chi connectivity index (χ0n) is 15.0. The molecule has 1 fully saturated rings. The molecule has 0 unspecified atom stereocenters. The molecule has 0 aromatic heterocycles. The Bertz CT molecular complexity index is 598. The van der Waals surface area contributed by atoms with Crippen molar-refractivity contribution in [2.75, 3.05) is 12.4 Å². The van der Waals surface area contributed by atoms with E-state index < -0.39 is 4.92 Å². The van der Waals surface area contributed by atoms with Gasteiger partial charge >= 0.3 is 0 Å². The van der Waals surface area contributed by atoms with Crippen molar-refractivity contribution in [3.8, 4) is 5.75 Å². The van der Waals surface area contributed by atoms with E-state index >= 15 is 0 Å². The van der Waals surface area contributed by atoms with E-state index in [1.165, 1.54) is 57.4 Å². The number of nitro groups is 1. The minimum Gasteiger partial charge on any atom is -0.494 e. The lowest BCUT2D eigenvalue weighted by Gasteiger charge is -2.22. The van der Waals surface area contributed by atoms with Crippen LogP contribution in [0.4, 0.5) is 11.4 Å². The summed E-state index contributed by atoms with van der Waals surface area (Å²) in [5.41, 5.74) is 0.389. The van der Waals surface area contributed by atoms with E-state index in [-0.39, 0.29) is 17.6 Å². The standard InChI is InChI=1S/C18H27N3O4/c1-13(19-14-8-6-4-3-5-7-9-14)18(22)20-16-11-10-15(21(23)24)12-17(16)25-2/h10-14,19H,3-9H2,1-2H3,(H,20,22)/p+1/t13-/m1/s1. The maximum absolute atomic E-state index is 12.5. The highest BCUT2D eigenvalue weighted by molar-refractivity contribution is 5.95. The molecule has 1 aliphatic carbocycles. The molecule has 1 atom stereocenters. The number of rotatable bonds is 6. The van der Waals surface area contributed by atoms with Gasteiger partial charge < -0.3 is 15.4 Å².